The Morgan fingerprint density at radius 2 is 2.27 bits per heavy atom. The van der Waals surface area contributed by atoms with E-state index in [-0.39, 0.29) is 18.4 Å². The molecular weight excluding hydrogens is 199 g/mol. The first kappa shape index (κ1) is 11.9. The number of rotatable bonds is 5. The minimum atomic E-state index is -0.455. The van der Waals surface area contributed by atoms with E-state index in [0.29, 0.717) is 19.4 Å². The van der Waals surface area contributed by atoms with Crippen LogP contribution in [0, 0.1) is 0 Å². The summed E-state index contributed by atoms with van der Waals surface area (Å²) in [5.74, 6) is -0.225. The molecule has 0 aromatic heterocycles. The highest BCUT2D eigenvalue weighted by Gasteiger charge is 2.31. The maximum absolute atomic E-state index is 12.0. The summed E-state index contributed by atoms with van der Waals surface area (Å²) in [7, 11) is 0. The number of amides is 2. The van der Waals surface area contributed by atoms with Gasteiger partial charge in [-0.05, 0) is 12.8 Å². The zero-order valence-corrected chi connectivity index (χ0v) is 8.96. The molecule has 1 heterocycles. The van der Waals surface area contributed by atoms with Crippen LogP contribution >= 0.6 is 0 Å². The van der Waals surface area contributed by atoms with Crippen molar-refractivity contribution in [3.8, 4) is 0 Å². The van der Waals surface area contributed by atoms with E-state index in [4.69, 9.17) is 0 Å². The Morgan fingerprint density at radius 3 is 2.87 bits per heavy atom. The molecule has 15 heavy (non-hydrogen) atoms. The standard InChI is InChI=1S/C10H17FN2O2/c1-2-4-8-10(15)13(6-3-5-11)7-9(14)12-8/h8H,2-7H2,1H3,(H,12,14). The molecule has 4 nitrogen and oxygen atoms in total. The van der Waals surface area contributed by atoms with Crippen LogP contribution in [0.25, 0.3) is 0 Å². The summed E-state index contributed by atoms with van der Waals surface area (Å²) < 4.78 is 12.0. The van der Waals surface area contributed by atoms with Crippen molar-refractivity contribution < 1.29 is 14.0 Å². The van der Waals surface area contributed by atoms with Gasteiger partial charge >= 0.3 is 0 Å². The maximum Gasteiger partial charge on any atom is 0.245 e. The van der Waals surface area contributed by atoms with Gasteiger partial charge in [0.05, 0.1) is 13.2 Å². The third-order valence-electron chi connectivity index (χ3n) is 2.42. The van der Waals surface area contributed by atoms with Crippen LogP contribution in [0.15, 0.2) is 0 Å². The summed E-state index contributed by atoms with van der Waals surface area (Å²) in [4.78, 5) is 24.5. The van der Waals surface area contributed by atoms with Crippen LogP contribution in [0.4, 0.5) is 4.39 Å². The van der Waals surface area contributed by atoms with Gasteiger partial charge in [-0.15, -0.1) is 0 Å². The molecule has 1 atom stereocenters. The van der Waals surface area contributed by atoms with Crippen molar-refractivity contribution in [2.75, 3.05) is 19.8 Å². The van der Waals surface area contributed by atoms with Gasteiger partial charge in [-0.25, -0.2) is 0 Å². The number of nitrogens with one attached hydrogen (secondary N) is 1. The highest BCUT2D eigenvalue weighted by Crippen LogP contribution is 2.08. The number of carbonyl (C=O) groups excluding carboxylic acids is 2. The number of carbonyl (C=O) groups is 2. The van der Waals surface area contributed by atoms with Crippen molar-refractivity contribution in [3.63, 3.8) is 0 Å². The van der Waals surface area contributed by atoms with Crippen LogP contribution < -0.4 is 5.32 Å². The fourth-order valence-electron chi connectivity index (χ4n) is 1.70. The minimum absolute atomic E-state index is 0.0685. The molecule has 0 saturated carbocycles. The Hall–Kier alpha value is -1.13. The molecule has 0 bridgehead atoms. The summed E-state index contributed by atoms with van der Waals surface area (Å²) in [6.45, 7) is 1.91. The Kier molecular flexibility index (Phi) is 4.52. The largest absolute Gasteiger partial charge is 0.343 e. The smallest absolute Gasteiger partial charge is 0.245 e. The normalized spacial score (nSPS) is 21.7. The molecule has 1 saturated heterocycles. The fraction of sp³-hybridized carbons (Fsp3) is 0.800. The predicted molar refractivity (Wildman–Crippen MR) is 54.0 cm³/mol. The molecule has 1 N–H and O–H groups in total. The molecule has 0 aromatic carbocycles. The lowest BCUT2D eigenvalue weighted by Crippen LogP contribution is -2.58. The first-order chi connectivity index (χ1) is 7.19. The molecule has 1 unspecified atom stereocenters. The topological polar surface area (TPSA) is 49.4 Å². The predicted octanol–water partition coefficient (Wildman–Crippen LogP) is 0.473. The Bertz CT molecular complexity index is 246. The van der Waals surface area contributed by atoms with Crippen LogP contribution in [0.1, 0.15) is 26.2 Å². The molecule has 0 aliphatic carbocycles. The SMILES string of the molecule is CCCC1NC(=O)CN(CCCF)C1=O. The molecule has 1 fully saturated rings. The lowest BCUT2D eigenvalue weighted by molar-refractivity contribution is -0.144. The lowest BCUT2D eigenvalue weighted by Gasteiger charge is -2.32. The van der Waals surface area contributed by atoms with E-state index in [1.165, 1.54) is 4.90 Å². The van der Waals surface area contributed by atoms with Crippen LogP contribution in [0.2, 0.25) is 0 Å². The summed E-state index contributed by atoms with van der Waals surface area (Å²) in [6.07, 6.45) is 1.79. The molecular formula is C10H17FN2O2. The summed E-state index contributed by atoms with van der Waals surface area (Å²) in [5.41, 5.74) is 0. The first-order valence-corrected chi connectivity index (χ1v) is 5.33. The van der Waals surface area contributed by atoms with Crippen molar-refractivity contribution >= 4 is 11.8 Å². The quantitative estimate of drug-likeness (QED) is 0.726. The van der Waals surface area contributed by atoms with Gasteiger partial charge in [0.25, 0.3) is 0 Å². The molecule has 86 valence electrons. The van der Waals surface area contributed by atoms with Crippen LogP contribution in [0.5, 0.6) is 0 Å². The fourth-order valence-corrected chi connectivity index (χ4v) is 1.70. The second kappa shape index (κ2) is 5.68. The van der Waals surface area contributed by atoms with Crippen molar-refractivity contribution in [2.24, 2.45) is 0 Å². The number of piperazine rings is 1. The van der Waals surface area contributed by atoms with Crippen molar-refractivity contribution in [1.29, 1.82) is 0 Å². The van der Waals surface area contributed by atoms with E-state index in [2.05, 4.69) is 5.32 Å². The Balaban J connectivity index is 2.55. The second-order valence-electron chi connectivity index (χ2n) is 3.71. The van der Waals surface area contributed by atoms with Gasteiger partial charge in [0.1, 0.15) is 6.04 Å². The van der Waals surface area contributed by atoms with Gasteiger partial charge in [-0.1, -0.05) is 13.3 Å². The van der Waals surface area contributed by atoms with Gasteiger partial charge < -0.3 is 10.2 Å². The van der Waals surface area contributed by atoms with Gasteiger partial charge in [0.15, 0.2) is 0 Å². The van der Waals surface area contributed by atoms with Crippen molar-refractivity contribution in [1.82, 2.24) is 10.2 Å². The maximum atomic E-state index is 12.0. The molecule has 1 aliphatic rings. The highest BCUT2D eigenvalue weighted by atomic mass is 19.1. The number of hydrogen-bond donors (Lipinski definition) is 1. The molecule has 2 amide bonds. The van der Waals surface area contributed by atoms with E-state index in [1.807, 2.05) is 6.92 Å². The number of nitrogens with zero attached hydrogens (tertiary/aromatic N) is 1. The minimum Gasteiger partial charge on any atom is -0.343 e. The number of alkyl halides is 1. The molecule has 0 radical (unpaired) electrons. The van der Waals surface area contributed by atoms with E-state index in [9.17, 15) is 14.0 Å². The first-order valence-electron chi connectivity index (χ1n) is 5.33. The van der Waals surface area contributed by atoms with E-state index in [0.717, 1.165) is 6.42 Å². The van der Waals surface area contributed by atoms with Crippen LogP contribution in [0.3, 0.4) is 0 Å². The Labute approximate surface area is 88.8 Å². The van der Waals surface area contributed by atoms with Crippen molar-refractivity contribution in [2.45, 2.75) is 32.2 Å². The second-order valence-corrected chi connectivity index (χ2v) is 3.71. The third-order valence-corrected chi connectivity index (χ3v) is 2.42. The van der Waals surface area contributed by atoms with E-state index < -0.39 is 12.7 Å². The van der Waals surface area contributed by atoms with Gasteiger partial charge in [0.2, 0.25) is 11.8 Å². The van der Waals surface area contributed by atoms with Crippen LogP contribution in [-0.2, 0) is 9.59 Å². The zero-order chi connectivity index (χ0) is 11.3. The van der Waals surface area contributed by atoms with Crippen LogP contribution in [-0.4, -0.2) is 42.5 Å². The molecule has 1 rings (SSSR count). The Morgan fingerprint density at radius 1 is 1.53 bits per heavy atom. The van der Waals surface area contributed by atoms with E-state index >= 15 is 0 Å². The average molecular weight is 216 g/mol. The number of hydrogen-bond acceptors (Lipinski definition) is 2. The average Bonchev–Trinajstić information content (AvgIpc) is 2.21. The van der Waals surface area contributed by atoms with Crippen molar-refractivity contribution in [3.05, 3.63) is 0 Å². The van der Waals surface area contributed by atoms with Gasteiger partial charge in [-0.2, -0.15) is 0 Å². The van der Waals surface area contributed by atoms with E-state index in [1.54, 1.807) is 0 Å². The third kappa shape index (κ3) is 3.18. The summed E-state index contributed by atoms with van der Waals surface area (Å²) >= 11 is 0. The lowest BCUT2D eigenvalue weighted by atomic mass is 10.1. The van der Waals surface area contributed by atoms with Gasteiger partial charge in [0, 0.05) is 6.54 Å². The number of halogens is 1. The summed E-state index contributed by atoms with van der Waals surface area (Å²) in [6, 6.07) is -0.407. The monoisotopic (exact) mass is 216 g/mol. The summed E-state index contributed by atoms with van der Waals surface area (Å²) in [5, 5.41) is 2.65. The van der Waals surface area contributed by atoms with Gasteiger partial charge in [-0.3, -0.25) is 14.0 Å². The molecule has 0 aromatic rings. The molecule has 1 aliphatic heterocycles. The highest BCUT2D eigenvalue weighted by molar-refractivity contribution is 5.94. The zero-order valence-electron chi connectivity index (χ0n) is 8.96. The molecule has 5 heteroatoms. The molecule has 0 spiro atoms.